The molecule has 0 saturated heterocycles. The summed E-state index contributed by atoms with van der Waals surface area (Å²) in [6, 6.07) is 5.13. The van der Waals surface area contributed by atoms with Gasteiger partial charge in [-0.15, -0.1) is 6.58 Å². The molecule has 23 heavy (non-hydrogen) atoms. The standard InChI is InChI=1S/C22H35N/c1-8-11-12-18(6)22(23-7)15-21-19(10-3)13-16(4)14-20(21)17(5)9-2/h8,10,13-14,17-18,22-23H,1,3,9,11-12,15H2,2,4-7H3. The fraction of sp³-hybridized carbons (Fsp3) is 0.545. The average Bonchev–Trinajstić information content (AvgIpc) is 2.56. The Bertz CT molecular complexity index is 515. The first-order valence-corrected chi connectivity index (χ1v) is 9.02. The molecule has 0 aromatic heterocycles. The van der Waals surface area contributed by atoms with E-state index in [4.69, 9.17) is 0 Å². The van der Waals surface area contributed by atoms with Crippen LogP contribution in [0, 0.1) is 12.8 Å². The molecule has 1 aromatic rings. The molecule has 1 rings (SSSR count). The van der Waals surface area contributed by atoms with Gasteiger partial charge in [0.15, 0.2) is 0 Å². The van der Waals surface area contributed by atoms with Crippen LogP contribution in [-0.2, 0) is 6.42 Å². The van der Waals surface area contributed by atoms with Gasteiger partial charge in [-0.1, -0.05) is 57.2 Å². The fourth-order valence-electron chi connectivity index (χ4n) is 3.34. The van der Waals surface area contributed by atoms with Gasteiger partial charge in [-0.3, -0.25) is 0 Å². The topological polar surface area (TPSA) is 12.0 Å². The van der Waals surface area contributed by atoms with E-state index in [0.29, 0.717) is 17.9 Å². The maximum atomic E-state index is 4.05. The van der Waals surface area contributed by atoms with Crippen molar-refractivity contribution in [3.05, 3.63) is 53.6 Å². The number of aryl methyl sites for hydroxylation is 1. The van der Waals surface area contributed by atoms with Gasteiger partial charge in [0.1, 0.15) is 0 Å². The highest BCUT2D eigenvalue weighted by Gasteiger charge is 2.20. The van der Waals surface area contributed by atoms with Crippen molar-refractivity contribution in [2.24, 2.45) is 5.92 Å². The summed E-state index contributed by atoms with van der Waals surface area (Å²) in [6.45, 7) is 17.0. The lowest BCUT2D eigenvalue weighted by atomic mass is 9.83. The van der Waals surface area contributed by atoms with Crippen LogP contribution in [0.15, 0.2) is 31.4 Å². The van der Waals surface area contributed by atoms with Crippen LogP contribution in [-0.4, -0.2) is 13.1 Å². The van der Waals surface area contributed by atoms with Crippen molar-refractivity contribution in [1.82, 2.24) is 5.32 Å². The van der Waals surface area contributed by atoms with E-state index >= 15 is 0 Å². The molecule has 128 valence electrons. The van der Waals surface area contributed by atoms with E-state index in [2.05, 4.69) is 65.4 Å². The summed E-state index contributed by atoms with van der Waals surface area (Å²) in [5.74, 6) is 1.21. The molecule has 1 N–H and O–H groups in total. The van der Waals surface area contributed by atoms with E-state index in [1.54, 1.807) is 0 Å². The number of benzene rings is 1. The maximum absolute atomic E-state index is 4.05. The van der Waals surface area contributed by atoms with Crippen LogP contribution in [0.3, 0.4) is 0 Å². The lowest BCUT2D eigenvalue weighted by Crippen LogP contribution is -2.34. The summed E-state index contributed by atoms with van der Waals surface area (Å²) in [4.78, 5) is 0. The van der Waals surface area contributed by atoms with Crippen molar-refractivity contribution in [2.75, 3.05) is 7.05 Å². The highest BCUT2D eigenvalue weighted by Crippen LogP contribution is 2.30. The van der Waals surface area contributed by atoms with E-state index in [1.165, 1.54) is 35.1 Å². The first-order chi connectivity index (χ1) is 11.0. The van der Waals surface area contributed by atoms with Crippen molar-refractivity contribution in [3.63, 3.8) is 0 Å². The van der Waals surface area contributed by atoms with Crippen molar-refractivity contribution in [3.8, 4) is 0 Å². The summed E-state index contributed by atoms with van der Waals surface area (Å²) in [5, 5.41) is 3.54. The molecule has 0 radical (unpaired) electrons. The molecule has 0 aliphatic heterocycles. The molecular formula is C22H35N. The minimum atomic E-state index is 0.485. The Labute approximate surface area is 143 Å². The van der Waals surface area contributed by atoms with Gasteiger partial charge in [0, 0.05) is 6.04 Å². The van der Waals surface area contributed by atoms with Crippen LogP contribution in [0.1, 0.15) is 68.2 Å². The van der Waals surface area contributed by atoms with Crippen molar-refractivity contribution < 1.29 is 0 Å². The van der Waals surface area contributed by atoms with E-state index < -0.39 is 0 Å². The minimum absolute atomic E-state index is 0.485. The summed E-state index contributed by atoms with van der Waals surface area (Å²) >= 11 is 0. The monoisotopic (exact) mass is 313 g/mol. The third-order valence-electron chi connectivity index (χ3n) is 5.13. The molecule has 0 saturated carbocycles. The van der Waals surface area contributed by atoms with Gasteiger partial charge in [0.05, 0.1) is 0 Å². The van der Waals surface area contributed by atoms with Gasteiger partial charge >= 0.3 is 0 Å². The first kappa shape index (κ1) is 19.7. The summed E-state index contributed by atoms with van der Waals surface area (Å²) in [6.07, 6.45) is 8.55. The van der Waals surface area contributed by atoms with Crippen LogP contribution >= 0.6 is 0 Å². The van der Waals surface area contributed by atoms with Gasteiger partial charge in [-0.2, -0.15) is 0 Å². The Kier molecular flexibility index (Phi) is 8.33. The highest BCUT2D eigenvalue weighted by atomic mass is 14.9. The van der Waals surface area contributed by atoms with Crippen molar-refractivity contribution in [2.45, 2.75) is 65.3 Å². The Morgan fingerprint density at radius 1 is 1.22 bits per heavy atom. The van der Waals surface area contributed by atoms with Crippen LogP contribution < -0.4 is 5.32 Å². The zero-order valence-corrected chi connectivity index (χ0v) is 15.8. The molecule has 0 heterocycles. The van der Waals surface area contributed by atoms with Crippen LogP contribution in [0.4, 0.5) is 0 Å². The maximum Gasteiger partial charge on any atom is 0.0130 e. The molecular weight excluding hydrogens is 278 g/mol. The number of rotatable bonds is 10. The second-order valence-corrected chi connectivity index (χ2v) is 6.88. The Hall–Kier alpha value is -1.34. The van der Waals surface area contributed by atoms with Crippen molar-refractivity contribution >= 4 is 6.08 Å². The second-order valence-electron chi connectivity index (χ2n) is 6.88. The molecule has 0 bridgehead atoms. The quantitative estimate of drug-likeness (QED) is 0.531. The number of hydrogen-bond acceptors (Lipinski definition) is 1. The van der Waals surface area contributed by atoms with Crippen LogP contribution in [0.5, 0.6) is 0 Å². The van der Waals surface area contributed by atoms with E-state index in [1.807, 2.05) is 12.2 Å². The number of likely N-dealkylation sites (N-methyl/N-ethyl adjacent to an activating group) is 1. The second kappa shape index (κ2) is 9.72. The summed E-state index contributed by atoms with van der Waals surface area (Å²) in [5.41, 5.74) is 5.61. The van der Waals surface area contributed by atoms with Gasteiger partial charge in [0.25, 0.3) is 0 Å². The number of allylic oxidation sites excluding steroid dienone is 1. The third-order valence-corrected chi connectivity index (χ3v) is 5.13. The SMILES string of the molecule is C=CCCC(C)C(Cc1c(C=C)cc(C)cc1C(C)CC)NC. The molecule has 0 aliphatic carbocycles. The van der Waals surface area contributed by atoms with Crippen LogP contribution in [0.2, 0.25) is 0 Å². The Morgan fingerprint density at radius 2 is 1.91 bits per heavy atom. The first-order valence-electron chi connectivity index (χ1n) is 9.02. The molecule has 1 aromatic carbocycles. The molecule has 3 atom stereocenters. The molecule has 0 aliphatic rings. The predicted molar refractivity (Wildman–Crippen MR) is 105 cm³/mol. The van der Waals surface area contributed by atoms with E-state index in [9.17, 15) is 0 Å². The van der Waals surface area contributed by atoms with Gasteiger partial charge in [0.2, 0.25) is 0 Å². The summed E-state index contributed by atoms with van der Waals surface area (Å²) < 4.78 is 0. The fourth-order valence-corrected chi connectivity index (χ4v) is 3.34. The van der Waals surface area contributed by atoms with Crippen LogP contribution in [0.25, 0.3) is 6.08 Å². The molecule has 1 nitrogen and oxygen atoms in total. The molecule has 1 heteroatoms. The third kappa shape index (κ3) is 5.35. The number of nitrogens with one attached hydrogen (secondary N) is 1. The molecule has 0 spiro atoms. The minimum Gasteiger partial charge on any atom is -0.316 e. The largest absolute Gasteiger partial charge is 0.316 e. The van der Waals surface area contributed by atoms with Gasteiger partial charge < -0.3 is 5.32 Å². The zero-order valence-electron chi connectivity index (χ0n) is 15.8. The number of hydrogen-bond donors (Lipinski definition) is 1. The van der Waals surface area contributed by atoms with Gasteiger partial charge in [-0.25, -0.2) is 0 Å². The Balaban J connectivity index is 3.17. The van der Waals surface area contributed by atoms with E-state index in [-0.39, 0.29) is 0 Å². The average molecular weight is 314 g/mol. The lowest BCUT2D eigenvalue weighted by molar-refractivity contribution is 0.375. The zero-order chi connectivity index (χ0) is 17.4. The van der Waals surface area contributed by atoms with E-state index in [0.717, 1.165) is 12.8 Å². The lowest BCUT2D eigenvalue weighted by Gasteiger charge is -2.27. The van der Waals surface area contributed by atoms with Gasteiger partial charge in [-0.05, 0) is 68.2 Å². The smallest absolute Gasteiger partial charge is 0.0130 e. The Morgan fingerprint density at radius 3 is 2.43 bits per heavy atom. The summed E-state index contributed by atoms with van der Waals surface area (Å²) in [7, 11) is 2.08. The highest BCUT2D eigenvalue weighted by molar-refractivity contribution is 5.57. The molecule has 0 amide bonds. The predicted octanol–water partition coefficient (Wildman–Crippen LogP) is 5.88. The van der Waals surface area contributed by atoms with Crippen molar-refractivity contribution in [1.29, 1.82) is 0 Å². The normalized spacial score (nSPS) is 15.0. The molecule has 0 fully saturated rings. The molecule has 3 unspecified atom stereocenters.